The van der Waals surface area contributed by atoms with Crippen LogP contribution in [0.5, 0.6) is 0 Å². The molecule has 2 aromatic carbocycles. The SMILES string of the molecule is CC(O)(NC(Cc1ccccc1)(c1cc(F)cc(C(F)(F)F)c1)c1ccc(Cl)cn1)C(F)(F)F. The van der Waals surface area contributed by atoms with Crippen LogP contribution in [0.3, 0.4) is 0 Å². The number of aromatic nitrogens is 1. The van der Waals surface area contributed by atoms with Crippen molar-refractivity contribution in [2.45, 2.75) is 37.0 Å². The highest BCUT2D eigenvalue weighted by Crippen LogP contribution is 2.41. The molecule has 0 radical (unpaired) electrons. The van der Waals surface area contributed by atoms with E-state index in [1.807, 2.05) is 5.32 Å². The van der Waals surface area contributed by atoms with Gasteiger partial charge in [0, 0.05) is 12.6 Å². The van der Waals surface area contributed by atoms with Gasteiger partial charge < -0.3 is 5.11 Å². The fraction of sp³-hybridized carbons (Fsp3) is 0.261. The van der Waals surface area contributed by atoms with Crippen molar-refractivity contribution in [2.24, 2.45) is 0 Å². The van der Waals surface area contributed by atoms with Gasteiger partial charge in [-0.1, -0.05) is 41.9 Å². The van der Waals surface area contributed by atoms with Gasteiger partial charge in [-0.05, 0) is 48.4 Å². The Labute approximate surface area is 195 Å². The highest BCUT2D eigenvalue weighted by Gasteiger charge is 2.55. The summed E-state index contributed by atoms with van der Waals surface area (Å²) in [5.41, 5.74) is -7.64. The highest BCUT2D eigenvalue weighted by atomic mass is 35.5. The van der Waals surface area contributed by atoms with Crippen LogP contribution >= 0.6 is 11.6 Å². The predicted molar refractivity (Wildman–Crippen MR) is 111 cm³/mol. The lowest BCUT2D eigenvalue weighted by Crippen LogP contribution is -2.63. The first kappa shape index (κ1) is 25.9. The average Bonchev–Trinajstić information content (AvgIpc) is 2.72. The molecule has 0 aliphatic carbocycles. The molecule has 11 heteroatoms. The minimum atomic E-state index is -5.25. The second kappa shape index (κ2) is 9.16. The maximum absolute atomic E-state index is 14.4. The lowest BCUT2D eigenvalue weighted by Gasteiger charge is -2.42. The Hall–Kier alpha value is -2.69. The zero-order valence-corrected chi connectivity index (χ0v) is 18.2. The topological polar surface area (TPSA) is 45.1 Å². The van der Waals surface area contributed by atoms with Crippen molar-refractivity contribution in [3.63, 3.8) is 0 Å². The van der Waals surface area contributed by atoms with E-state index in [0.717, 1.165) is 6.20 Å². The van der Waals surface area contributed by atoms with E-state index in [2.05, 4.69) is 4.98 Å². The van der Waals surface area contributed by atoms with Crippen LogP contribution < -0.4 is 5.32 Å². The monoisotopic (exact) mass is 506 g/mol. The van der Waals surface area contributed by atoms with Crippen LogP contribution in [0.2, 0.25) is 5.02 Å². The van der Waals surface area contributed by atoms with E-state index in [0.29, 0.717) is 24.6 Å². The van der Waals surface area contributed by atoms with Crippen LogP contribution in [0, 0.1) is 5.82 Å². The average molecular weight is 507 g/mol. The van der Waals surface area contributed by atoms with Crippen LogP contribution in [-0.4, -0.2) is 22.0 Å². The summed E-state index contributed by atoms with van der Waals surface area (Å²) in [6.07, 6.45) is -9.57. The summed E-state index contributed by atoms with van der Waals surface area (Å²) in [6, 6.07) is 11.7. The molecule has 1 aromatic heterocycles. The van der Waals surface area contributed by atoms with Crippen LogP contribution in [-0.2, 0) is 18.1 Å². The number of nitrogens with zero attached hydrogens (tertiary/aromatic N) is 1. The van der Waals surface area contributed by atoms with Gasteiger partial charge in [-0.25, -0.2) is 4.39 Å². The Morgan fingerprint density at radius 2 is 1.53 bits per heavy atom. The number of pyridine rings is 1. The molecule has 0 saturated carbocycles. The number of halogens is 8. The number of hydrogen-bond acceptors (Lipinski definition) is 3. The van der Waals surface area contributed by atoms with E-state index in [4.69, 9.17) is 11.6 Å². The smallest absolute Gasteiger partial charge is 0.368 e. The quantitative estimate of drug-likeness (QED) is 0.307. The molecule has 2 atom stereocenters. The zero-order chi connectivity index (χ0) is 25.4. The van der Waals surface area contributed by atoms with Gasteiger partial charge in [-0.2, -0.15) is 26.3 Å². The molecule has 2 unspecified atom stereocenters. The molecule has 3 aromatic rings. The fourth-order valence-electron chi connectivity index (χ4n) is 3.54. The summed E-state index contributed by atoms with van der Waals surface area (Å²) in [5.74, 6) is -1.33. The minimum absolute atomic E-state index is 0.107. The van der Waals surface area contributed by atoms with Crippen molar-refractivity contribution in [2.75, 3.05) is 0 Å². The predicted octanol–water partition coefficient (Wildman–Crippen LogP) is 6.24. The van der Waals surface area contributed by atoms with E-state index in [1.165, 1.54) is 24.3 Å². The van der Waals surface area contributed by atoms with Gasteiger partial charge in [-0.3, -0.25) is 10.3 Å². The molecule has 3 rings (SSSR count). The van der Waals surface area contributed by atoms with Gasteiger partial charge >= 0.3 is 12.4 Å². The number of alkyl halides is 6. The molecular weight excluding hydrogens is 489 g/mol. The minimum Gasteiger partial charge on any atom is -0.368 e. The fourth-order valence-corrected chi connectivity index (χ4v) is 3.65. The maximum atomic E-state index is 14.4. The zero-order valence-electron chi connectivity index (χ0n) is 17.5. The standard InChI is InChI=1S/C23H18ClF7N2O/c1-20(34,23(29,30)31)33-21(12-14-5-3-2-4-6-14,19-8-7-17(24)13-32-19)15-9-16(22(26,27)28)11-18(25)10-15/h2-11,13,33-34H,12H2,1H3. The van der Waals surface area contributed by atoms with Crippen molar-refractivity contribution >= 4 is 11.6 Å². The molecule has 2 N–H and O–H groups in total. The summed E-state index contributed by atoms with van der Waals surface area (Å²) in [4.78, 5) is 4.03. The molecule has 0 bridgehead atoms. The number of benzene rings is 2. The molecule has 0 spiro atoms. The van der Waals surface area contributed by atoms with E-state index in [1.54, 1.807) is 18.2 Å². The summed E-state index contributed by atoms with van der Waals surface area (Å²) < 4.78 is 96.1. The second-order valence-corrected chi connectivity index (χ2v) is 8.29. The van der Waals surface area contributed by atoms with Crippen molar-refractivity contribution in [3.8, 4) is 0 Å². The molecule has 0 amide bonds. The van der Waals surface area contributed by atoms with Gasteiger partial charge in [0.2, 0.25) is 5.72 Å². The first-order valence-corrected chi connectivity index (χ1v) is 10.1. The summed E-state index contributed by atoms with van der Waals surface area (Å²) >= 11 is 5.86. The van der Waals surface area contributed by atoms with E-state index < -0.39 is 47.0 Å². The molecule has 0 aliphatic rings. The Morgan fingerprint density at radius 1 is 0.912 bits per heavy atom. The third kappa shape index (κ3) is 5.51. The Kier molecular flexibility index (Phi) is 6.99. The largest absolute Gasteiger partial charge is 0.430 e. The molecule has 34 heavy (non-hydrogen) atoms. The van der Waals surface area contributed by atoms with Crippen molar-refractivity contribution in [1.29, 1.82) is 0 Å². The molecule has 0 fully saturated rings. The lowest BCUT2D eigenvalue weighted by molar-refractivity contribution is -0.271. The Bertz CT molecular complexity index is 1130. The first-order chi connectivity index (χ1) is 15.6. The van der Waals surface area contributed by atoms with Crippen molar-refractivity contribution in [3.05, 3.63) is 100 Å². The number of hydrogen-bond donors (Lipinski definition) is 2. The molecule has 1 heterocycles. The molecule has 0 saturated heterocycles. The van der Waals surface area contributed by atoms with E-state index >= 15 is 0 Å². The van der Waals surface area contributed by atoms with Crippen LogP contribution in [0.25, 0.3) is 0 Å². The van der Waals surface area contributed by atoms with Crippen LogP contribution in [0.1, 0.15) is 29.3 Å². The number of rotatable bonds is 6. The summed E-state index contributed by atoms with van der Waals surface area (Å²) in [6.45, 7) is 0.409. The number of aliphatic hydroxyl groups is 1. The van der Waals surface area contributed by atoms with Gasteiger partial charge in [0.05, 0.1) is 21.8 Å². The Morgan fingerprint density at radius 3 is 2.06 bits per heavy atom. The maximum Gasteiger partial charge on any atom is 0.430 e. The second-order valence-electron chi connectivity index (χ2n) is 7.85. The molecular formula is C23H18ClF7N2O. The van der Waals surface area contributed by atoms with E-state index in [9.17, 15) is 35.8 Å². The summed E-state index contributed by atoms with van der Waals surface area (Å²) in [5, 5.41) is 12.5. The third-order valence-corrected chi connectivity index (χ3v) is 5.43. The normalized spacial score (nSPS) is 16.1. The number of nitrogens with one attached hydrogen (secondary N) is 1. The van der Waals surface area contributed by atoms with Gasteiger partial charge in [-0.15, -0.1) is 0 Å². The third-order valence-electron chi connectivity index (χ3n) is 5.20. The molecule has 182 valence electrons. The van der Waals surface area contributed by atoms with Crippen molar-refractivity contribution in [1.82, 2.24) is 10.3 Å². The van der Waals surface area contributed by atoms with E-state index in [-0.39, 0.29) is 16.8 Å². The molecule has 0 aliphatic heterocycles. The van der Waals surface area contributed by atoms with Crippen LogP contribution in [0.15, 0.2) is 66.9 Å². The van der Waals surface area contributed by atoms with Gasteiger partial charge in [0.25, 0.3) is 0 Å². The van der Waals surface area contributed by atoms with Crippen molar-refractivity contribution < 1.29 is 35.8 Å². The Balaban J connectivity index is 2.38. The van der Waals surface area contributed by atoms with Gasteiger partial charge in [0.1, 0.15) is 5.82 Å². The summed E-state index contributed by atoms with van der Waals surface area (Å²) in [7, 11) is 0. The first-order valence-electron chi connectivity index (χ1n) is 9.77. The van der Waals surface area contributed by atoms with Crippen LogP contribution in [0.4, 0.5) is 30.7 Å². The van der Waals surface area contributed by atoms with Gasteiger partial charge in [0.15, 0.2) is 0 Å². The molecule has 3 nitrogen and oxygen atoms in total. The lowest BCUT2D eigenvalue weighted by atomic mass is 9.78. The highest BCUT2D eigenvalue weighted by molar-refractivity contribution is 6.30.